The van der Waals surface area contributed by atoms with E-state index in [1.807, 2.05) is 72.8 Å². The van der Waals surface area contributed by atoms with Crippen molar-refractivity contribution >= 4 is 11.8 Å². The molecule has 2 heterocycles. The molecule has 3 atom stereocenters. The lowest BCUT2D eigenvalue weighted by Gasteiger charge is -2.38. The number of nitrogens with zero attached hydrogens (tertiary/aromatic N) is 2. The van der Waals surface area contributed by atoms with E-state index in [4.69, 9.17) is 9.47 Å². The van der Waals surface area contributed by atoms with Crippen molar-refractivity contribution < 1.29 is 24.2 Å². The molecule has 6 aromatic carbocycles. The minimum atomic E-state index is -0.607. The highest BCUT2D eigenvalue weighted by Crippen LogP contribution is 2.39. The smallest absolute Gasteiger partial charge is 0.261 e. The molecule has 6 aromatic rings. The van der Waals surface area contributed by atoms with E-state index < -0.39 is 6.29 Å². The number of carbonyl (C=O) groups excluding carboxylic acids is 2. The van der Waals surface area contributed by atoms with Crippen LogP contribution >= 0.6 is 0 Å². The van der Waals surface area contributed by atoms with Crippen LogP contribution in [0.2, 0.25) is 0 Å². The van der Waals surface area contributed by atoms with Gasteiger partial charge in [0.05, 0.1) is 36.5 Å². The summed E-state index contributed by atoms with van der Waals surface area (Å²) in [5.41, 5.74) is 8.97. The molecule has 2 aliphatic heterocycles. The Morgan fingerprint density at radius 1 is 0.574 bits per heavy atom. The van der Waals surface area contributed by atoms with Crippen LogP contribution < -0.4 is 0 Å². The average molecular weight is 715 g/mol. The maximum absolute atomic E-state index is 13.2. The Morgan fingerprint density at radius 3 is 1.70 bits per heavy atom. The van der Waals surface area contributed by atoms with E-state index in [0.717, 1.165) is 46.5 Å². The number of aliphatic hydroxyl groups is 1. The highest BCUT2D eigenvalue weighted by atomic mass is 16.7. The van der Waals surface area contributed by atoms with Gasteiger partial charge in [0, 0.05) is 31.6 Å². The van der Waals surface area contributed by atoms with Crippen molar-refractivity contribution in [2.75, 3.05) is 6.54 Å². The molecule has 270 valence electrons. The Hall–Kier alpha value is -5.70. The molecule has 2 aliphatic rings. The molecule has 0 aromatic heterocycles. The van der Waals surface area contributed by atoms with E-state index in [1.165, 1.54) is 16.0 Å². The summed E-state index contributed by atoms with van der Waals surface area (Å²) in [7, 11) is 0. The molecule has 0 spiro atoms. The van der Waals surface area contributed by atoms with Gasteiger partial charge in [-0.15, -0.1) is 0 Å². The van der Waals surface area contributed by atoms with Crippen molar-refractivity contribution in [2.24, 2.45) is 0 Å². The number of imide groups is 1. The first-order valence-corrected chi connectivity index (χ1v) is 18.5. The summed E-state index contributed by atoms with van der Waals surface area (Å²) >= 11 is 0. The van der Waals surface area contributed by atoms with Crippen molar-refractivity contribution in [2.45, 2.75) is 51.2 Å². The molecule has 0 radical (unpaired) electrons. The lowest BCUT2D eigenvalue weighted by Crippen LogP contribution is -2.39. The van der Waals surface area contributed by atoms with Gasteiger partial charge in [-0.2, -0.15) is 0 Å². The molecule has 0 aliphatic carbocycles. The van der Waals surface area contributed by atoms with Crippen molar-refractivity contribution in [1.82, 2.24) is 9.80 Å². The summed E-state index contributed by atoms with van der Waals surface area (Å²) < 4.78 is 13.5. The summed E-state index contributed by atoms with van der Waals surface area (Å²) in [5.74, 6) is -0.540. The van der Waals surface area contributed by atoms with Crippen LogP contribution in [0.25, 0.3) is 11.1 Å². The van der Waals surface area contributed by atoms with Crippen molar-refractivity contribution in [3.63, 3.8) is 0 Å². The standard InChI is InChI=1S/C47H42N2O5/c50-32-35-19-21-37(22-20-35)44-27-40(31-48(28-33-11-3-1-4-12-33)29-34-13-5-2-6-14-34)53-47(54-44)38-25-23-36(24-26-38)41-16-8-7-15-39(41)30-49-45(51)42-17-9-10-18-43(42)46(49)52/h1-26,40,44,47,50H,27-32H2/t40-,44+,47+/m0/s1. The number of hydrogen-bond acceptors (Lipinski definition) is 6. The zero-order chi connectivity index (χ0) is 36.9. The fourth-order valence-electron chi connectivity index (χ4n) is 7.50. The van der Waals surface area contributed by atoms with Crippen LogP contribution in [0.3, 0.4) is 0 Å². The molecule has 2 amide bonds. The Kier molecular flexibility index (Phi) is 10.6. The number of rotatable bonds is 12. The van der Waals surface area contributed by atoms with Gasteiger partial charge in [0.1, 0.15) is 0 Å². The van der Waals surface area contributed by atoms with Gasteiger partial charge >= 0.3 is 0 Å². The summed E-state index contributed by atoms with van der Waals surface area (Å²) in [6.45, 7) is 2.44. The molecule has 1 fully saturated rings. The van der Waals surface area contributed by atoms with E-state index in [9.17, 15) is 14.7 Å². The number of carbonyl (C=O) groups is 2. The quantitative estimate of drug-likeness (QED) is 0.128. The fourth-order valence-corrected chi connectivity index (χ4v) is 7.50. The van der Waals surface area contributed by atoms with Crippen LogP contribution in [0.1, 0.15) is 72.9 Å². The summed E-state index contributed by atoms with van der Waals surface area (Å²) in [6.07, 6.45) is -0.266. The fraction of sp³-hybridized carbons (Fsp3) is 0.191. The van der Waals surface area contributed by atoms with Gasteiger partial charge < -0.3 is 14.6 Å². The first-order valence-electron chi connectivity index (χ1n) is 18.5. The van der Waals surface area contributed by atoms with Gasteiger partial charge in [0.2, 0.25) is 0 Å². The molecule has 0 bridgehead atoms. The van der Waals surface area contributed by atoms with Crippen molar-refractivity contribution in [1.29, 1.82) is 0 Å². The second-order valence-electron chi connectivity index (χ2n) is 14.0. The van der Waals surface area contributed by atoms with E-state index in [1.54, 1.807) is 24.3 Å². The minimum Gasteiger partial charge on any atom is -0.392 e. The molecule has 0 unspecified atom stereocenters. The van der Waals surface area contributed by atoms with Crippen molar-refractivity contribution in [3.05, 3.63) is 202 Å². The third-order valence-corrected chi connectivity index (χ3v) is 10.3. The normalized spacial score (nSPS) is 18.3. The molecule has 8 rings (SSSR count). The van der Waals surface area contributed by atoms with E-state index >= 15 is 0 Å². The van der Waals surface area contributed by atoms with Crippen LogP contribution in [0.15, 0.2) is 158 Å². The maximum atomic E-state index is 13.2. The maximum Gasteiger partial charge on any atom is 0.261 e. The Morgan fingerprint density at radius 2 is 1.11 bits per heavy atom. The molecule has 7 nitrogen and oxygen atoms in total. The summed E-state index contributed by atoms with van der Waals surface area (Å²) in [5, 5.41) is 9.68. The average Bonchev–Trinajstić information content (AvgIpc) is 3.46. The third-order valence-electron chi connectivity index (χ3n) is 10.3. The Balaban J connectivity index is 1.05. The largest absolute Gasteiger partial charge is 0.392 e. The first kappa shape index (κ1) is 35.3. The second-order valence-corrected chi connectivity index (χ2v) is 14.0. The molecule has 54 heavy (non-hydrogen) atoms. The SMILES string of the molecule is O=C1c2ccccc2C(=O)N1Cc1ccccc1-c1ccc([C@@H]2O[C@H](CN(Cc3ccccc3)Cc3ccccc3)C[C@H](c3ccc(CO)cc3)O2)cc1. The zero-order valence-corrected chi connectivity index (χ0v) is 30.0. The van der Waals surface area contributed by atoms with E-state index in [-0.39, 0.29) is 37.2 Å². The number of hydrogen-bond donors (Lipinski definition) is 1. The third kappa shape index (κ3) is 7.81. The molecular weight excluding hydrogens is 673 g/mol. The number of fused-ring (bicyclic) bond motifs is 1. The van der Waals surface area contributed by atoms with E-state index in [0.29, 0.717) is 24.1 Å². The molecule has 1 N–H and O–H groups in total. The van der Waals surface area contributed by atoms with E-state index in [2.05, 4.69) is 65.6 Å². The van der Waals surface area contributed by atoms with Gasteiger partial charge in [-0.1, -0.05) is 146 Å². The van der Waals surface area contributed by atoms with Crippen molar-refractivity contribution in [3.8, 4) is 11.1 Å². The molecule has 1 saturated heterocycles. The monoisotopic (exact) mass is 714 g/mol. The summed E-state index contributed by atoms with van der Waals surface area (Å²) in [4.78, 5) is 30.1. The molecule has 0 saturated carbocycles. The predicted molar refractivity (Wildman–Crippen MR) is 208 cm³/mol. The Bertz CT molecular complexity index is 2130. The molecule has 7 heteroatoms. The van der Waals surface area contributed by atoms with Crippen LogP contribution in [0.5, 0.6) is 0 Å². The number of amides is 2. The second kappa shape index (κ2) is 16.1. The Labute approximate surface area is 316 Å². The van der Waals surface area contributed by atoms with Gasteiger partial charge in [-0.25, -0.2) is 0 Å². The predicted octanol–water partition coefficient (Wildman–Crippen LogP) is 8.89. The van der Waals surface area contributed by atoms with Gasteiger partial charge in [0.25, 0.3) is 11.8 Å². The van der Waals surface area contributed by atoms with Crippen LogP contribution in [-0.4, -0.2) is 39.4 Å². The summed E-state index contributed by atoms with van der Waals surface area (Å²) in [6, 6.07) is 52.1. The molecular formula is C47H42N2O5. The lowest BCUT2D eigenvalue weighted by molar-refractivity contribution is -0.253. The van der Waals surface area contributed by atoms with Gasteiger partial charge in [0.15, 0.2) is 6.29 Å². The first-order chi connectivity index (χ1) is 26.5. The van der Waals surface area contributed by atoms with Crippen LogP contribution in [-0.2, 0) is 35.7 Å². The lowest BCUT2D eigenvalue weighted by atomic mass is 9.97. The van der Waals surface area contributed by atoms with Gasteiger partial charge in [-0.3, -0.25) is 19.4 Å². The topological polar surface area (TPSA) is 79.3 Å². The van der Waals surface area contributed by atoms with Crippen LogP contribution in [0.4, 0.5) is 0 Å². The van der Waals surface area contributed by atoms with Crippen LogP contribution in [0, 0.1) is 0 Å². The van der Waals surface area contributed by atoms with Gasteiger partial charge in [-0.05, 0) is 51.1 Å². The number of benzene rings is 6. The highest BCUT2D eigenvalue weighted by Gasteiger charge is 2.36. The number of aliphatic hydroxyl groups excluding tert-OH is 1. The minimum absolute atomic E-state index is 0.0120. The number of ether oxygens (including phenoxy) is 2. The zero-order valence-electron chi connectivity index (χ0n) is 30.0. The highest BCUT2D eigenvalue weighted by molar-refractivity contribution is 6.21.